The predicted octanol–water partition coefficient (Wildman–Crippen LogP) is 4.86. The fraction of sp³-hybridized carbons (Fsp3) is 0.0833. The molecule has 2 N–H and O–H groups in total. The zero-order valence-electron chi connectivity index (χ0n) is 17.8. The van der Waals surface area contributed by atoms with E-state index in [0.29, 0.717) is 17.0 Å². The Balaban J connectivity index is 1.41. The zero-order valence-corrected chi connectivity index (χ0v) is 17.8. The number of carbonyl (C=O) groups excluding carboxylic acids is 1. The van der Waals surface area contributed by atoms with Gasteiger partial charge in [-0.3, -0.25) is 4.79 Å². The number of anilines is 2. The van der Waals surface area contributed by atoms with E-state index in [1.54, 1.807) is 6.07 Å². The molecule has 3 aromatic carbocycles. The smallest absolute Gasteiger partial charge is 0.406 e. The first-order valence-corrected chi connectivity index (χ1v) is 10.4. The number of nitrogens with one attached hydrogen (secondary N) is 2. The summed E-state index contributed by atoms with van der Waals surface area (Å²) in [6, 6.07) is 21.6. The average Bonchev–Trinajstić information content (AvgIpc) is 3.25. The van der Waals surface area contributed by atoms with E-state index in [1.807, 2.05) is 48.5 Å². The number of rotatable bonds is 5. The lowest BCUT2D eigenvalue weighted by atomic mass is 10.0. The van der Waals surface area contributed by atoms with Gasteiger partial charge in [0, 0.05) is 16.7 Å². The lowest BCUT2D eigenvalue weighted by molar-refractivity contribution is -0.274. The molecule has 0 fully saturated rings. The number of nitrogens with zero attached hydrogens (tertiary/aromatic N) is 3. The molecule has 0 spiro atoms. The number of alkyl halides is 3. The number of carbonyl (C=O) groups is 1. The van der Waals surface area contributed by atoms with Gasteiger partial charge in [0.25, 0.3) is 5.91 Å². The molecule has 0 radical (unpaired) electrons. The van der Waals surface area contributed by atoms with Gasteiger partial charge in [0.05, 0.1) is 11.4 Å². The van der Waals surface area contributed by atoms with E-state index >= 15 is 0 Å². The Morgan fingerprint density at radius 2 is 1.60 bits per heavy atom. The SMILES string of the molecule is O=C1Nc2ccccc2C(c2ccccc2)=N[C@@H]1Nc1nnc(-c2ccc(OC(F)(F)F)cc2)o1. The van der Waals surface area contributed by atoms with Crippen molar-refractivity contribution in [3.8, 4) is 17.2 Å². The van der Waals surface area contributed by atoms with Crippen LogP contribution in [0.15, 0.2) is 88.3 Å². The Morgan fingerprint density at radius 3 is 2.34 bits per heavy atom. The van der Waals surface area contributed by atoms with Gasteiger partial charge in [0.2, 0.25) is 12.1 Å². The molecular weight excluding hydrogens is 463 g/mol. The van der Waals surface area contributed by atoms with Crippen LogP contribution in [0, 0.1) is 0 Å². The normalized spacial score (nSPS) is 15.5. The van der Waals surface area contributed by atoms with Gasteiger partial charge < -0.3 is 19.8 Å². The molecule has 2 heterocycles. The predicted molar refractivity (Wildman–Crippen MR) is 121 cm³/mol. The second-order valence-corrected chi connectivity index (χ2v) is 7.41. The van der Waals surface area contributed by atoms with E-state index in [9.17, 15) is 18.0 Å². The maximum Gasteiger partial charge on any atom is 0.573 e. The first-order valence-electron chi connectivity index (χ1n) is 10.4. The maximum absolute atomic E-state index is 12.9. The summed E-state index contributed by atoms with van der Waals surface area (Å²) in [5.41, 5.74) is 3.14. The highest BCUT2D eigenvalue weighted by atomic mass is 19.4. The van der Waals surface area contributed by atoms with Crippen molar-refractivity contribution in [1.29, 1.82) is 0 Å². The summed E-state index contributed by atoms with van der Waals surface area (Å²) in [6.07, 6.45) is -5.88. The fourth-order valence-corrected chi connectivity index (χ4v) is 3.50. The van der Waals surface area contributed by atoms with Crippen molar-refractivity contribution in [1.82, 2.24) is 10.2 Å². The number of aliphatic imine (C=N–C) groups is 1. The molecule has 35 heavy (non-hydrogen) atoms. The molecule has 1 aliphatic heterocycles. The van der Waals surface area contributed by atoms with E-state index < -0.39 is 18.4 Å². The van der Waals surface area contributed by atoms with Crippen LogP contribution in [-0.2, 0) is 4.79 Å². The van der Waals surface area contributed by atoms with Gasteiger partial charge in [-0.2, -0.15) is 0 Å². The molecule has 8 nitrogen and oxygen atoms in total. The molecule has 0 saturated carbocycles. The van der Waals surface area contributed by atoms with E-state index in [-0.39, 0.29) is 17.7 Å². The topological polar surface area (TPSA) is 102 Å². The second-order valence-electron chi connectivity index (χ2n) is 7.41. The molecule has 1 amide bonds. The third kappa shape index (κ3) is 4.98. The summed E-state index contributed by atoms with van der Waals surface area (Å²) in [7, 11) is 0. The van der Waals surface area contributed by atoms with Gasteiger partial charge in [0.1, 0.15) is 5.75 Å². The lowest BCUT2D eigenvalue weighted by Crippen LogP contribution is -2.32. The standard InChI is InChI=1S/C24H16F3N5O3/c25-24(26,27)35-16-12-10-15(11-13-16)22-31-32-23(34-22)30-20-21(33)28-18-9-5-4-8-17(18)19(29-20)14-6-2-1-3-7-14/h1-13,20H,(H,28,33)(H,30,32)/t20-/m1/s1. The lowest BCUT2D eigenvalue weighted by Gasteiger charge is -2.11. The van der Waals surface area contributed by atoms with Crippen molar-refractivity contribution in [2.45, 2.75) is 12.5 Å². The molecule has 5 rings (SSSR count). The molecular formula is C24H16F3N5O3. The highest BCUT2D eigenvalue weighted by molar-refractivity contribution is 6.19. The Hall–Kier alpha value is -4.67. The number of hydrogen-bond donors (Lipinski definition) is 2. The minimum atomic E-state index is -4.79. The van der Waals surface area contributed by atoms with E-state index in [1.165, 1.54) is 12.1 Å². The first kappa shape index (κ1) is 22.1. The van der Waals surface area contributed by atoms with Gasteiger partial charge in [0.15, 0.2) is 0 Å². The van der Waals surface area contributed by atoms with Gasteiger partial charge in [-0.1, -0.05) is 53.6 Å². The molecule has 4 aromatic rings. The van der Waals surface area contributed by atoms with Crippen molar-refractivity contribution in [3.63, 3.8) is 0 Å². The number of fused-ring (bicyclic) bond motifs is 1. The molecule has 176 valence electrons. The first-order chi connectivity index (χ1) is 16.9. The number of hydrogen-bond acceptors (Lipinski definition) is 7. The number of halogens is 3. The second kappa shape index (κ2) is 8.93. The van der Waals surface area contributed by atoms with Gasteiger partial charge in [-0.05, 0) is 30.3 Å². The van der Waals surface area contributed by atoms with E-state index in [4.69, 9.17) is 4.42 Å². The minimum Gasteiger partial charge on any atom is -0.406 e. The Kier molecular flexibility index (Phi) is 5.65. The number of benzene rings is 3. The average molecular weight is 479 g/mol. The zero-order chi connectivity index (χ0) is 24.4. The summed E-state index contributed by atoms with van der Waals surface area (Å²) in [5, 5.41) is 13.5. The number of aromatic nitrogens is 2. The van der Waals surface area contributed by atoms with Crippen molar-refractivity contribution < 1.29 is 27.1 Å². The van der Waals surface area contributed by atoms with Crippen LogP contribution in [0.4, 0.5) is 24.9 Å². The monoisotopic (exact) mass is 479 g/mol. The highest BCUT2D eigenvalue weighted by Gasteiger charge is 2.31. The fourth-order valence-electron chi connectivity index (χ4n) is 3.50. The Morgan fingerprint density at radius 1 is 0.886 bits per heavy atom. The third-order valence-electron chi connectivity index (χ3n) is 5.01. The minimum absolute atomic E-state index is 0.0376. The molecule has 11 heteroatoms. The highest BCUT2D eigenvalue weighted by Crippen LogP contribution is 2.28. The molecule has 1 atom stereocenters. The van der Waals surface area contributed by atoms with Crippen LogP contribution < -0.4 is 15.4 Å². The number of ether oxygens (including phenoxy) is 1. The number of amides is 1. The van der Waals surface area contributed by atoms with Crippen LogP contribution in [-0.4, -0.2) is 34.3 Å². The van der Waals surface area contributed by atoms with Crippen LogP contribution in [0.3, 0.4) is 0 Å². The van der Waals surface area contributed by atoms with Crippen molar-refractivity contribution >= 4 is 23.3 Å². The molecule has 1 aromatic heterocycles. The van der Waals surface area contributed by atoms with Gasteiger partial charge >= 0.3 is 12.4 Å². The maximum atomic E-state index is 12.9. The molecule has 0 saturated heterocycles. The van der Waals surface area contributed by atoms with Crippen molar-refractivity contribution in [2.24, 2.45) is 4.99 Å². The van der Waals surface area contributed by atoms with Crippen LogP contribution in [0.25, 0.3) is 11.5 Å². The molecule has 1 aliphatic rings. The summed E-state index contributed by atoms with van der Waals surface area (Å²) in [5.74, 6) is -0.774. The number of para-hydroxylation sites is 1. The van der Waals surface area contributed by atoms with Gasteiger partial charge in [-0.25, -0.2) is 4.99 Å². The Labute approximate surface area is 196 Å². The quantitative estimate of drug-likeness (QED) is 0.424. The third-order valence-corrected chi connectivity index (χ3v) is 5.01. The van der Waals surface area contributed by atoms with Crippen LogP contribution in [0.1, 0.15) is 11.1 Å². The summed E-state index contributed by atoms with van der Waals surface area (Å²) >= 11 is 0. The summed E-state index contributed by atoms with van der Waals surface area (Å²) in [4.78, 5) is 17.5. The number of benzodiazepines with no additional fused rings is 1. The Bertz CT molecular complexity index is 1390. The van der Waals surface area contributed by atoms with Crippen molar-refractivity contribution in [3.05, 3.63) is 90.0 Å². The van der Waals surface area contributed by atoms with Crippen LogP contribution in [0.2, 0.25) is 0 Å². The van der Waals surface area contributed by atoms with Crippen molar-refractivity contribution in [2.75, 3.05) is 10.6 Å². The molecule has 0 aliphatic carbocycles. The largest absolute Gasteiger partial charge is 0.573 e. The van der Waals surface area contributed by atoms with Crippen LogP contribution >= 0.6 is 0 Å². The van der Waals surface area contributed by atoms with Crippen LogP contribution in [0.5, 0.6) is 5.75 Å². The van der Waals surface area contributed by atoms with E-state index in [2.05, 4.69) is 30.6 Å². The molecule has 0 unspecified atom stereocenters. The molecule has 0 bridgehead atoms. The van der Waals surface area contributed by atoms with E-state index in [0.717, 1.165) is 23.3 Å². The summed E-state index contributed by atoms with van der Waals surface area (Å²) in [6.45, 7) is 0. The van der Waals surface area contributed by atoms with Gasteiger partial charge in [-0.15, -0.1) is 18.3 Å². The summed E-state index contributed by atoms with van der Waals surface area (Å²) < 4.78 is 46.5.